The maximum absolute atomic E-state index is 12.0. The van der Waals surface area contributed by atoms with E-state index >= 15 is 0 Å². The van der Waals surface area contributed by atoms with Gasteiger partial charge in [-0.1, -0.05) is 30.3 Å². The van der Waals surface area contributed by atoms with Crippen LogP contribution >= 0.6 is 0 Å². The Morgan fingerprint density at radius 2 is 1.83 bits per heavy atom. The number of amides is 1. The van der Waals surface area contributed by atoms with Gasteiger partial charge >= 0.3 is 5.97 Å². The molecule has 0 fully saturated rings. The average molecular weight is 406 g/mol. The lowest BCUT2D eigenvalue weighted by atomic mass is 10.1. The van der Waals surface area contributed by atoms with Crippen molar-refractivity contribution in [2.75, 3.05) is 20.8 Å². The Morgan fingerprint density at radius 3 is 2.63 bits per heavy atom. The van der Waals surface area contributed by atoms with Gasteiger partial charge in [0.25, 0.3) is 5.91 Å². The van der Waals surface area contributed by atoms with Crippen molar-refractivity contribution in [3.63, 3.8) is 0 Å². The number of nitrogens with zero attached hydrogens (tertiary/aromatic N) is 1. The molecule has 3 aromatic rings. The number of hydrogen-bond donors (Lipinski definition) is 1. The van der Waals surface area contributed by atoms with Crippen LogP contribution in [0.1, 0.15) is 11.1 Å². The SMILES string of the molecule is COc1ccc(CNC(=O)COC(=O)/C=C/c2cccc3cccnc23)cc1OC. The Kier molecular flexibility index (Phi) is 7.00. The van der Waals surface area contributed by atoms with Crippen molar-refractivity contribution >= 4 is 28.9 Å². The van der Waals surface area contributed by atoms with Gasteiger partial charge in [0.2, 0.25) is 0 Å². The van der Waals surface area contributed by atoms with Crippen LogP contribution < -0.4 is 14.8 Å². The topological polar surface area (TPSA) is 86.8 Å². The predicted molar refractivity (Wildman–Crippen MR) is 113 cm³/mol. The second kappa shape index (κ2) is 10.1. The molecular formula is C23H22N2O5. The first-order valence-electron chi connectivity index (χ1n) is 9.27. The van der Waals surface area contributed by atoms with Gasteiger partial charge in [-0.3, -0.25) is 9.78 Å². The number of para-hydroxylation sites is 1. The number of carbonyl (C=O) groups is 2. The molecule has 0 atom stereocenters. The lowest BCUT2D eigenvalue weighted by Crippen LogP contribution is -2.28. The van der Waals surface area contributed by atoms with Crippen molar-refractivity contribution in [3.05, 3.63) is 71.9 Å². The average Bonchev–Trinajstić information content (AvgIpc) is 2.79. The van der Waals surface area contributed by atoms with E-state index in [1.165, 1.54) is 6.08 Å². The van der Waals surface area contributed by atoms with E-state index in [1.807, 2.05) is 36.4 Å². The molecule has 1 amide bonds. The van der Waals surface area contributed by atoms with E-state index in [-0.39, 0.29) is 13.2 Å². The maximum Gasteiger partial charge on any atom is 0.331 e. The number of nitrogens with one attached hydrogen (secondary N) is 1. The minimum atomic E-state index is -0.607. The van der Waals surface area contributed by atoms with E-state index in [0.29, 0.717) is 11.5 Å². The van der Waals surface area contributed by atoms with Crippen molar-refractivity contribution in [1.82, 2.24) is 10.3 Å². The van der Waals surface area contributed by atoms with Gasteiger partial charge in [0.15, 0.2) is 18.1 Å². The van der Waals surface area contributed by atoms with E-state index in [4.69, 9.17) is 14.2 Å². The zero-order valence-corrected chi connectivity index (χ0v) is 16.8. The van der Waals surface area contributed by atoms with Crippen molar-refractivity contribution < 1.29 is 23.8 Å². The fourth-order valence-electron chi connectivity index (χ4n) is 2.85. The molecule has 2 aromatic carbocycles. The number of esters is 1. The second-order valence-corrected chi connectivity index (χ2v) is 6.33. The molecular weight excluding hydrogens is 384 g/mol. The summed E-state index contributed by atoms with van der Waals surface area (Å²) in [6.07, 6.45) is 4.60. The summed E-state index contributed by atoms with van der Waals surface area (Å²) < 4.78 is 15.4. The molecule has 154 valence electrons. The summed E-state index contributed by atoms with van der Waals surface area (Å²) in [6, 6.07) is 14.8. The number of methoxy groups -OCH3 is 2. The third-order valence-electron chi connectivity index (χ3n) is 4.35. The van der Waals surface area contributed by atoms with Crippen molar-refractivity contribution in [1.29, 1.82) is 0 Å². The molecule has 7 heteroatoms. The molecule has 3 rings (SSSR count). The number of hydrogen-bond acceptors (Lipinski definition) is 6. The zero-order valence-electron chi connectivity index (χ0n) is 16.8. The number of benzene rings is 2. The highest BCUT2D eigenvalue weighted by molar-refractivity contribution is 5.93. The quantitative estimate of drug-likeness (QED) is 0.457. The van der Waals surface area contributed by atoms with Gasteiger partial charge < -0.3 is 19.5 Å². The molecule has 30 heavy (non-hydrogen) atoms. The Balaban J connectivity index is 1.50. The smallest absolute Gasteiger partial charge is 0.331 e. The summed E-state index contributed by atoms with van der Waals surface area (Å²) in [7, 11) is 3.10. The van der Waals surface area contributed by atoms with E-state index in [2.05, 4.69) is 10.3 Å². The Hall–Kier alpha value is -3.87. The highest BCUT2D eigenvalue weighted by Gasteiger charge is 2.08. The standard InChI is InChI=1S/C23H22N2O5/c1-28-19-10-8-16(13-20(19)29-2)14-25-21(26)15-30-22(27)11-9-18-6-3-5-17-7-4-12-24-23(17)18/h3-13H,14-15H2,1-2H3,(H,25,26)/b11-9+. The number of aromatic nitrogens is 1. The van der Waals surface area contributed by atoms with Crippen LogP contribution in [0.4, 0.5) is 0 Å². The van der Waals surface area contributed by atoms with Crippen LogP contribution in [-0.2, 0) is 20.9 Å². The number of ether oxygens (including phenoxy) is 3. The molecule has 0 radical (unpaired) electrons. The molecule has 0 aliphatic heterocycles. The number of rotatable bonds is 8. The van der Waals surface area contributed by atoms with E-state index in [1.54, 1.807) is 38.6 Å². The fourth-order valence-corrected chi connectivity index (χ4v) is 2.85. The van der Waals surface area contributed by atoms with E-state index in [0.717, 1.165) is 22.0 Å². The third kappa shape index (κ3) is 5.35. The minimum absolute atomic E-state index is 0.272. The Labute approximate surface area is 174 Å². The van der Waals surface area contributed by atoms with Crippen LogP contribution in [0.5, 0.6) is 11.5 Å². The molecule has 0 unspecified atom stereocenters. The van der Waals surface area contributed by atoms with Crippen LogP contribution in [0.25, 0.3) is 17.0 Å². The van der Waals surface area contributed by atoms with E-state index in [9.17, 15) is 9.59 Å². The first kappa shape index (κ1) is 20.9. The summed E-state index contributed by atoms with van der Waals surface area (Å²) in [6.45, 7) is -0.0987. The Bertz CT molecular complexity index is 1070. The van der Waals surface area contributed by atoms with Gasteiger partial charge in [-0.2, -0.15) is 0 Å². The van der Waals surface area contributed by atoms with Crippen LogP contribution in [0.2, 0.25) is 0 Å². The van der Waals surface area contributed by atoms with Crippen molar-refractivity contribution in [2.45, 2.75) is 6.54 Å². The molecule has 0 aliphatic carbocycles. The normalized spacial score (nSPS) is 10.7. The van der Waals surface area contributed by atoms with Crippen LogP contribution in [0.15, 0.2) is 60.8 Å². The van der Waals surface area contributed by atoms with Crippen molar-refractivity contribution in [3.8, 4) is 11.5 Å². The maximum atomic E-state index is 12.0. The van der Waals surface area contributed by atoms with E-state index < -0.39 is 11.9 Å². The number of carbonyl (C=O) groups excluding carboxylic acids is 2. The molecule has 0 spiro atoms. The summed E-state index contributed by atoms with van der Waals surface area (Å²) in [5, 5.41) is 3.67. The van der Waals surface area contributed by atoms with Gasteiger partial charge in [0, 0.05) is 29.8 Å². The van der Waals surface area contributed by atoms with Crippen LogP contribution in [-0.4, -0.2) is 37.7 Å². The lowest BCUT2D eigenvalue weighted by molar-refractivity contribution is -0.143. The van der Waals surface area contributed by atoms with Gasteiger partial charge in [0.1, 0.15) is 0 Å². The van der Waals surface area contributed by atoms with Gasteiger partial charge in [-0.05, 0) is 29.8 Å². The molecule has 1 aromatic heterocycles. The minimum Gasteiger partial charge on any atom is -0.493 e. The summed E-state index contributed by atoms with van der Waals surface area (Å²) in [5.74, 6) is 0.168. The lowest BCUT2D eigenvalue weighted by Gasteiger charge is -2.10. The molecule has 0 saturated carbocycles. The first-order valence-corrected chi connectivity index (χ1v) is 9.27. The highest BCUT2D eigenvalue weighted by atomic mass is 16.5. The fraction of sp³-hybridized carbons (Fsp3) is 0.174. The zero-order chi connectivity index (χ0) is 21.3. The van der Waals surface area contributed by atoms with Gasteiger partial charge in [-0.15, -0.1) is 0 Å². The molecule has 1 heterocycles. The largest absolute Gasteiger partial charge is 0.493 e. The number of pyridine rings is 1. The second-order valence-electron chi connectivity index (χ2n) is 6.33. The summed E-state index contributed by atoms with van der Waals surface area (Å²) in [5.41, 5.74) is 2.41. The van der Waals surface area contributed by atoms with Gasteiger partial charge in [0.05, 0.1) is 19.7 Å². The van der Waals surface area contributed by atoms with Crippen LogP contribution in [0.3, 0.4) is 0 Å². The Morgan fingerprint density at radius 1 is 1.03 bits per heavy atom. The van der Waals surface area contributed by atoms with Crippen molar-refractivity contribution in [2.24, 2.45) is 0 Å². The first-order chi connectivity index (χ1) is 14.6. The molecule has 0 bridgehead atoms. The summed E-state index contributed by atoms with van der Waals surface area (Å²) in [4.78, 5) is 28.2. The molecule has 7 nitrogen and oxygen atoms in total. The highest BCUT2D eigenvalue weighted by Crippen LogP contribution is 2.27. The predicted octanol–water partition coefficient (Wildman–Crippen LogP) is 3.12. The monoisotopic (exact) mass is 406 g/mol. The molecule has 0 saturated heterocycles. The number of fused-ring (bicyclic) bond motifs is 1. The third-order valence-corrected chi connectivity index (χ3v) is 4.35. The summed E-state index contributed by atoms with van der Waals surface area (Å²) >= 11 is 0. The van der Waals surface area contributed by atoms with Gasteiger partial charge in [-0.25, -0.2) is 4.79 Å². The molecule has 1 N–H and O–H groups in total. The molecule has 0 aliphatic rings. The van der Waals surface area contributed by atoms with Crippen LogP contribution in [0, 0.1) is 0 Å².